The van der Waals surface area contributed by atoms with Gasteiger partial charge in [-0.15, -0.1) is 0 Å². The van der Waals surface area contributed by atoms with Gasteiger partial charge in [0.15, 0.2) is 0 Å². The molecule has 5 atom stereocenters. The molecule has 2 saturated carbocycles. The third kappa shape index (κ3) is 2.59. The average molecular weight is 260 g/mol. The van der Waals surface area contributed by atoms with E-state index in [4.69, 9.17) is 13.5 Å². The quantitative estimate of drug-likeness (QED) is 0.470. The van der Waals surface area contributed by atoms with E-state index in [1.807, 2.05) is 0 Å². The molecule has 0 aliphatic heterocycles. The summed E-state index contributed by atoms with van der Waals surface area (Å²) >= 11 is -2.32. The molecule has 0 heterocycles. The highest BCUT2D eigenvalue weighted by Crippen LogP contribution is 2.47. The van der Waals surface area contributed by atoms with Crippen molar-refractivity contribution in [2.45, 2.75) is 38.4 Å². The number of hydrogen-bond donors (Lipinski definition) is 1. The van der Waals surface area contributed by atoms with Crippen LogP contribution in [0.2, 0.25) is 0 Å². The van der Waals surface area contributed by atoms with Crippen molar-refractivity contribution >= 4 is 17.3 Å². The van der Waals surface area contributed by atoms with Gasteiger partial charge in [0.25, 0.3) is 0 Å². The van der Waals surface area contributed by atoms with Crippen LogP contribution >= 0.6 is 0 Å². The molecule has 0 radical (unpaired) electrons. The summed E-state index contributed by atoms with van der Waals surface area (Å²) in [4.78, 5) is 11.5. The highest BCUT2D eigenvalue weighted by molar-refractivity contribution is 7.74. The Morgan fingerprint density at radius 1 is 1.35 bits per heavy atom. The number of rotatable bonds is 4. The van der Waals surface area contributed by atoms with Gasteiger partial charge in [-0.25, -0.2) is 4.79 Å². The number of ether oxygens (including phenoxy) is 1. The Morgan fingerprint density at radius 2 is 1.94 bits per heavy atom. The van der Waals surface area contributed by atoms with Gasteiger partial charge in [0.1, 0.15) is 12.2 Å². The monoisotopic (exact) mass is 260 g/mol. The fourth-order valence-corrected chi connectivity index (χ4v) is 3.26. The average Bonchev–Trinajstić information content (AvgIpc) is 2.80. The van der Waals surface area contributed by atoms with E-state index in [-0.39, 0.29) is 11.8 Å². The molecular weight excluding hydrogens is 244 g/mol. The van der Waals surface area contributed by atoms with E-state index in [0.717, 1.165) is 19.3 Å². The molecule has 17 heavy (non-hydrogen) atoms. The van der Waals surface area contributed by atoms with Crippen molar-refractivity contribution < 1.29 is 22.5 Å². The Balaban J connectivity index is 2.05. The molecular formula is C11H16O5S. The SMILES string of the molecule is C=C(C)C(=O)OC1C2CCC(C2)C1OS(=O)O. The van der Waals surface area contributed by atoms with E-state index in [2.05, 4.69) is 6.58 Å². The van der Waals surface area contributed by atoms with Crippen LogP contribution in [0.25, 0.3) is 0 Å². The van der Waals surface area contributed by atoms with Gasteiger partial charge in [0.2, 0.25) is 0 Å². The first-order chi connectivity index (χ1) is 7.99. The molecule has 2 bridgehead atoms. The standard InChI is InChI=1S/C11H16O5S/c1-6(2)11(12)15-9-7-3-4-8(5-7)10(9)16-17(13)14/h7-10H,1,3-5H2,2H3,(H,13,14). The summed E-state index contributed by atoms with van der Waals surface area (Å²) in [6.07, 6.45) is 1.98. The molecule has 0 spiro atoms. The molecule has 2 aliphatic carbocycles. The lowest BCUT2D eigenvalue weighted by Crippen LogP contribution is -2.39. The largest absolute Gasteiger partial charge is 0.456 e. The Kier molecular flexibility index (Phi) is 3.65. The Labute approximate surface area is 103 Å². The number of carbonyl (C=O) groups is 1. The van der Waals surface area contributed by atoms with E-state index < -0.39 is 29.5 Å². The second-order valence-electron chi connectivity index (χ2n) is 4.76. The Hall–Kier alpha value is -0.720. The van der Waals surface area contributed by atoms with Gasteiger partial charge in [-0.1, -0.05) is 6.58 Å². The Bertz CT molecular complexity index is 367. The molecule has 5 nitrogen and oxygen atoms in total. The third-order valence-corrected chi connectivity index (χ3v) is 3.94. The molecule has 1 N–H and O–H groups in total. The predicted octanol–water partition coefficient (Wildman–Crippen LogP) is 1.43. The molecule has 6 heteroatoms. The zero-order chi connectivity index (χ0) is 12.6. The summed E-state index contributed by atoms with van der Waals surface area (Å²) < 4.78 is 29.8. The maximum Gasteiger partial charge on any atom is 0.333 e. The molecule has 5 unspecified atom stereocenters. The van der Waals surface area contributed by atoms with Gasteiger partial charge in [-0.3, -0.25) is 8.74 Å². The second-order valence-corrected chi connectivity index (χ2v) is 5.39. The lowest BCUT2D eigenvalue weighted by molar-refractivity contribution is -0.152. The van der Waals surface area contributed by atoms with Crippen LogP contribution in [0.15, 0.2) is 12.2 Å². The van der Waals surface area contributed by atoms with Gasteiger partial charge >= 0.3 is 17.3 Å². The van der Waals surface area contributed by atoms with Crippen LogP contribution in [-0.4, -0.2) is 26.9 Å². The van der Waals surface area contributed by atoms with Crippen molar-refractivity contribution in [1.29, 1.82) is 0 Å². The molecule has 2 rings (SSSR count). The van der Waals surface area contributed by atoms with E-state index in [9.17, 15) is 9.00 Å². The van der Waals surface area contributed by atoms with Gasteiger partial charge in [-0.05, 0) is 38.0 Å². The third-order valence-electron chi connectivity index (χ3n) is 3.55. The normalized spacial score (nSPS) is 36.8. The topological polar surface area (TPSA) is 72.8 Å². The van der Waals surface area contributed by atoms with Crippen molar-refractivity contribution in [3.8, 4) is 0 Å². The van der Waals surface area contributed by atoms with Crippen LogP contribution in [0.5, 0.6) is 0 Å². The first-order valence-corrected chi connectivity index (χ1v) is 6.66. The van der Waals surface area contributed by atoms with Crippen LogP contribution in [0.1, 0.15) is 26.2 Å². The van der Waals surface area contributed by atoms with Gasteiger partial charge < -0.3 is 4.74 Å². The molecule has 0 aromatic heterocycles. The zero-order valence-corrected chi connectivity index (χ0v) is 10.4. The molecule has 0 amide bonds. The van der Waals surface area contributed by atoms with Gasteiger partial charge in [0, 0.05) is 5.57 Å². The summed E-state index contributed by atoms with van der Waals surface area (Å²) in [5.74, 6) is 0.00995. The molecule has 0 aromatic carbocycles. The number of fused-ring (bicyclic) bond motifs is 2. The van der Waals surface area contributed by atoms with Crippen molar-refractivity contribution in [1.82, 2.24) is 0 Å². The predicted molar refractivity (Wildman–Crippen MR) is 61.2 cm³/mol. The Morgan fingerprint density at radius 3 is 2.47 bits per heavy atom. The van der Waals surface area contributed by atoms with Crippen LogP contribution in [-0.2, 0) is 25.1 Å². The fourth-order valence-electron chi connectivity index (χ4n) is 2.80. The minimum absolute atomic E-state index is 0.221. The van der Waals surface area contributed by atoms with E-state index in [1.165, 1.54) is 0 Å². The summed E-state index contributed by atoms with van der Waals surface area (Å²) in [6.45, 7) is 5.10. The van der Waals surface area contributed by atoms with Crippen molar-refractivity contribution in [3.63, 3.8) is 0 Å². The maximum absolute atomic E-state index is 11.5. The number of esters is 1. The molecule has 2 fully saturated rings. The summed E-state index contributed by atoms with van der Waals surface area (Å²) in [5, 5.41) is 0. The summed E-state index contributed by atoms with van der Waals surface area (Å²) in [5.41, 5.74) is 0.330. The summed E-state index contributed by atoms with van der Waals surface area (Å²) in [6, 6.07) is 0. The number of carbonyl (C=O) groups excluding carboxylic acids is 1. The number of hydrogen-bond acceptors (Lipinski definition) is 4. The smallest absolute Gasteiger partial charge is 0.333 e. The highest BCUT2D eigenvalue weighted by Gasteiger charge is 2.51. The van der Waals surface area contributed by atoms with Crippen molar-refractivity contribution in [2.75, 3.05) is 0 Å². The molecule has 2 aliphatic rings. The van der Waals surface area contributed by atoms with E-state index in [1.54, 1.807) is 6.92 Å². The zero-order valence-electron chi connectivity index (χ0n) is 9.63. The van der Waals surface area contributed by atoms with E-state index >= 15 is 0 Å². The molecule has 0 saturated heterocycles. The van der Waals surface area contributed by atoms with Gasteiger partial charge in [0.05, 0.1) is 0 Å². The first-order valence-electron chi connectivity index (χ1n) is 5.63. The fraction of sp³-hybridized carbons (Fsp3) is 0.727. The second kappa shape index (κ2) is 4.88. The highest BCUT2D eigenvalue weighted by atomic mass is 32.2. The lowest BCUT2D eigenvalue weighted by Gasteiger charge is -2.29. The van der Waals surface area contributed by atoms with Crippen LogP contribution in [0.3, 0.4) is 0 Å². The van der Waals surface area contributed by atoms with Crippen LogP contribution < -0.4 is 0 Å². The van der Waals surface area contributed by atoms with E-state index in [0.29, 0.717) is 5.57 Å². The molecule has 96 valence electrons. The first kappa shape index (κ1) is 12.7. The maximum atomic E-state index is 11.5. The minimum Gasteiger partial charge on any atom is -0.456 e. The van der Waals surface area contributed by atoms with Crippen molar-refractivity contribution in [3.05, 3.63) is 12.2 Å². The van der Waals surface area contributed by atoms with Crippen LogP contribution in [0.4, 0.5) is 0 Å². The minimum atomic E-state index is -2.32. The lowest BCUT2D eigenvalue weighted by atomic mass is 9.95. The summed E-state index contributed by atoms with van der Waals surface area (Å²) in [7, 11) is 0. The van der Waals surface area contributed by atoms with Crippen molar-refractivity contribution in [2.24, 2.45) is 11.8 Å². The van der Waals surface area contributed by atoms with Crippen LogP contribution in [0, 0.1) is 11.8 Å². The molecule has 0 aromatic rings. The van der Waals surface area contributed by atoms with Gasteiger partial charge in [-0.2, -0.15) is 4.21 Å².